The van der Waals surface area contributed by atoms with Crippen molar-refractivity contribution in [3.8, 4) is 11.4 Å². The summed E-state index contributed by atoms with van der Waals surface area (Å²) >= 11 is 11.5. The van der Waals surface area contributed by atoms with E-state index in [0.717, 1.165) is 23.0 Å². The molecule has 1 aromatic heterocycles. The van der Waals surface area contributed by atoms with E-state index >= 15 is 0 Å². The molecule has 6 nitrogen and oxygen atoms in total. The van der Waals surface area contributed by atoms with Gasteiger partial charge in [-0.2, -0.15) is 18.3 Å². The predicted octanol–water partition coefficient (Wildman–Crippen LogP) is 4.70. The van der Waals surface area contributed by atoms with Crippen molar-refractivity contribution in [2.45, 2.75) is 11.1 Å². The van der Waals surface area contributed by atoms with E-state index in [-0.39, 0.29) is 21.4 Å². The summed E-state index contributed by atoms with van der Waals surface area (Å²) in [5, 5.41) is 13.1. The second-order valence-corrected chi connectivity index (χ2v) is 8.02. The summed E-state index contributed by atoms with van der Waals surface area (Å²) in [6.07, 6.45) is -3.44. The number of nitrogens with one attached hydrogen (secondary N) is 1. The largest absolute Gasteiger partial charge is 0.505 e. The number of sulfonamides is 1. The molecule has 3 rings (SSSR count). The van der Waals surface area contributed by atoms with Crippen molar-refractivity contribution in [1.29, 1.82) is 0 Å². The fourth-order valence-electron chi connectivity index (χ4n) is 2.26. The Kier molecular flexibility index (Phi) is 5.22. The minimum Gasteiger partial charge on any atom is -0.505 e. The minimum absolute atomic E-state index is 0.0117. The Bertz CT molecular complexity index is 1130. The van der Waals surface area contributed by atoms with E-state index in [9.17, 15) is 26.7 Å². The number of anilines is 1. The fourth-order valence-corrected chi connectivity index (χ4v) is 4.08. The number of aromatic nitrogens is 2. The van der Waals surface area contributed by atoms with E-state index in [0.29, 0.717) is 0 Å². The summed E-state index contributed by atoms with van der Waals surface area (Å²) in [4.78, 5) is -0.518. The van der Waals surface area contributed by atoms with Crippen LogP contribution in [0.4, 0.5) is 18.9 Å². The van der Waals surface area contributed by atoms with Gasteiger partial charge < -0.3 is 5.11 Å². The smallest absolute Gasteiger partial charge is 0.435 e. The number of nitrogens with zero attached hydrogens (tertiary/aromatic N) is 2. The zero-order chi connectivity index (χ0) is 20.7. The quantitative estimate of drug-likeness (QED) is 0.601. The molecule has 3 aromatic rings. The summed E-state index contributed by atoms with van der Waals surface area (Å²) in [5.74, 6) is -0.661. The van der Waals surface area contributed by atoms with E-state index in [2.05, 4.69) is 9.82 Å². The zero-order valence-electron chi connectivity index (χ0n) is 13.6. The van der Waals surface area contributed by atoms with Crippen LogP contribution in [0, 0.1) is 0 Å². The minimum atomic E-state index is -4.57. The molecule has 0 saturated carbocycles. The Morgan fingerprint density at radius 1 is 1.07 bits per heavy atom. The van der Waals surface area contributed by atoms with Crippen molar-refractivity contribution in [2.75, 3.05) is 4.72 Å². The molecule has 0 amide bonds. The van der Waals surface area contributed by atoms with Gasteiger partial charge in [-0.15, -0.1) is 0 Å². The number of hydrogen-bond donors (Lipinski definition) is 2. The van der Waals surface area contributed by atoms with E-state index in [1.165, 1.54) is 30.3 Å². The molecule has 0 fully saturated rings. The topological polar surface area (TPSA) is 84.2 Å². The molecule has 0 spiro atoms. The molecule has 2 N–H and O–H groups in total. The molecular formula is C16H10Cl2F3N3O3S. The lowest BCUT2D eigenvalue weighted by Gasteiger charge is -2.11. The van der Waals surface area contributed by atoms with Gasteiger partial charge in [-0.3, -0.25) is 4.72 Å². The van der Waals surface area contributed by atoms with Gasteiger partial charge in [-0.05, 0) is 42.5 Å². The Labute approximate surface area is 167 Å². The molecule has 0 bridgehead atoms. The summed E-state index contributed by atoms with van der Waals surface area (Å²) in [5.41, 5.74) is -0.667. The lowest BCUT2D eigenvalue weighted by molar-refractivity contribution is -0.141. The molecule has 0 radical (unpaired) electrons. The maximum absolute atomic E-state index is 12.6. The van der Waals surface area contributed by atoms with Gasteiger partial charge in [-0.25, -0.2) is 13.1 Å². The van der Waals surface area contributed by atoms with Gasteiger partial charge in [-0.1, -0.05) is 23.2 Å². The van der Waals surface area contributed by atoms with Gasteiger partial charge >= 0.3 is 6.18 Å². The molecule has 28 heavy (non-hydrogen) atoms. The van der Waals surface area contributed by atoms with E-state index in [4.69, 9.17) is 23.2 Å². The van der Waals surface area contributed by atoms with Crippen LogP contribution < -0.4 is 4.72 Å². The standard InChI is InChI=1S/C16H10Cl2F3N3O3S/c17-9-7-12(18)15(25)13(8-9)28(26,27)23-10-1-3-11(4-2-10)24-6-5-14(22-24)16(19,20)21/h1-8,23,25H. The van der Waals surface area contributed by atoms with Crippen LogP contribution in [0.25, 0.3) is 5.69 Å². The normalized spacial score (nSPS) is 12.2. The number of benzene rings is 2. The van der Waals surface area contributed by atoms with Crippen LogP contribution >= 0.6 is 23.2 Å². The maximum Gasteiger partial charge on any atom is 0.435 e. The molecule has 0 saturated heterocycles. The molecule has 0 aliphatic carbocycles. The van der Waals surface area contributed by atoms with Crippen molar-refractivity contribution >= 4 is 38.9 Å². The number of aromatic hydroxyl groups is 1. The highest BCUT2D eigenvalue weighted by atomic mass is 35.5. The van der Waals surface area contributed by atoms with Gasteiger partial charge in [0.2, 0.25) is 0 Å². The Morgan fingerprint density at radius 3 is 2.29 bits per heavy atom. The summed E-state index contributed by atoms with van der Waals surface area (Å²) in [6.45, 7) is 0. The first-order valence-electron chi connectivity index (χ1n) is 7.41. The average molecular weight is 452 g/mol. The molecule has 148 valence electrons. The highest BCUT2D eigenvalue weighted by Crippen LogP contribution is 2.35. The van der Waals surface area contributed by atoms with Crippen molar-refractivity contribution in [3.63, 3.8) is 0 Å². The molecule has 0 aliphatic rings. The van der Waals surface area contributed by atoms with Crippen LogP contribution in [0.15, 0.2) is 53.6 Å². The third-order valence-electron chi connectivity index (χ3n) is 3.55. The average Bonchev–Trinajstić information content (AvgIpc) is 3.08. The molecule has 0 unspecified atom stereocenters. The van der Waals surface area contributed by atoms with Gasteiger partial charge in [0.05, 0.1) is 10.7 Å². The van der Waals surface area contributed by atoms with Crippen LogP contribution in [-0.2, 0) is 16.2 Å². The summed E-state index contributed by atoms with van der Waals surface area (Å²) in [6, 6.07) is 8.43. The monoisotopic (exact) mass is 451 g/mol. The highest BCUT2D eigenvalue weighted by Gasteiger charge is 2.33. The Balaban J connectivity index is 1.86. The molecular weight excluding hydrogens is 442 g/mol. The van der Waals surface area contributed by atoms with Crippen LogP contribution in [-0.4, -0.2) is 23.3 Å². The SMILES string of the molecule is O=S(=O)(Nc1ccc(-n2ccc(C(F)(F)F)n2)cc1)c1cc(Cl)cc(Cl)c1O. The van der Waals surface area contributed by atoms with Gasteiger partial charge in [0.25, 0.3) is 10.0 Å². The van der Waals surface area contributed by atoms with Crippen molar-refractivity contribution < 1.29 is 26.7 Å². The summed E-state index contributed by atoms with van der Waals surface area (Å²) in [7, 11) is -4.22. The van der Waals surface area contributed by atoms with Crippen LogP contribution in [0.2, 0.25) is 10.0 Å². The van der Waals surface area contributed by atoms with Crippen molar-refractivity contribution in [1.82, 2.24) is 9.78 Å². The lowest BCUT2D eigenvalue weighted by atomic mass is 10.3. The van der Waals surface area contributed by atoms with E-state index in [1.54, 1.807) is 0 Å². The number of phenols is 1. The first kappa shape index (κ1) is 20.3. The van der Waals surface area contributed by atoms with Gasteiger partial charge in [0, 0.05) is 16.9 Å². The lowest BCUT2D eigenvalue weighted by Crippen LogP contribution is -2.13. The number of halogens is 5. The van der Waals surface area contributed by atoms with E-state index < -0.39 is 32.5 Å². The van der Waals surface area contributed by atoms with Crippen LogP contribution in [0.1, 0.15) is 5.69 Å². The number of alkyl halides is 3. The first-order chi connectivity index (χ1) is 13.0. The fraction of sp³-hybridized carbons (Fsp3) is 0.0625. The van der Waals surface area contributed by atoms with E-state index in [1.807, 2.05) is 0 Å². The van der Waals surface area contributed by atoms with Gasteiger partial charge in [0.15, 0.2) is 11.4 Å². The third kappa shape index (κ3) is 4.18. The molecule has 0 aliphatic heterocycles. The predicted molar refractivity (Wildman–Crippen MR) is 97.5 cm³/mol. The van der Waals surface area contributed by atoms with Crippen molar-refractivity contribution in [3.05, 3.63) is 64.4 Å². The number of phenolic OH excluding ortho intramolecular Hbond substituents is 1. The molecule has 12 heteroatoms. The number of hydrogen-bond acceptors (Lipinski definition) is 4. The molecule has 0 atom stereocenters. The molecule has 2 aromatic carbocycles. The second kappa shape index (κ2) is 7.19. The summed E-state index contributed by atoms with van der Waals surface area (Å²) < 4.78 is 66.0. The maximum atomic E-state index is 12.6. The third-order valence-corrected chi connectivity index (χ3v) is 5.45. The second-order valence-electron chi connectivity index (χ2n) is 5.53. The highest BCUT2D eigenvalue weighted by molar-refractivity contribution is 7.92. The molecule has 1 heterocycles. The van der Waals surface area contributed by atoms with Gasteiger partial charge in [0.1, 0.15) is 4.90 Å². The van der Waals surface area contributed by atoms with Crippen LogP contribution in [0.3, 0.4) is 0 Å². The van der Waals surface area contributed by atoms with Crippen molar-refractivity contribution in [2.24, 2.45) is 0 Å². The number of rotatable bonds is 4. The van der Waals surface area contributed by atoms with Crippen LogP contribution in [0.5, 0.6) is 5.75 Å². The Morgan fingerprint density at radius 2 is 1.71 bits per heavy atom. The zero-order valence-corrected chi connectivity index (χ0v) is 15.9. The first-order valence-corrected chi connectivity index (χ1v) is 9.65. The Hall–Kier alpha value is -2.43.